The van der Waals surface area contributed by atoms with Crippen molar-refractivity contribution >= 4 is 28.9 Å². The number of aromatic amines is 1. The van der Waals surface area contributed by atoms with E-state index in [1.54, 1.807) is 12.3 Å². The van der Waals surface area contributed by atoms with Crippen molar-refractivity contribution in [3.8, 4) is 11.4 Å². The van der Waals surface area contributed by atoms with Crippen molar-refractivity contribution in [3.63, 3.8) is 0 Å². The van der Waals surface area contributed by atoms with Crippen LogP contribution in [0.4, 0.5) is 23.0 Å². The van der Waals surface area contributed by atoms with Gasteiger partial charge in [0.25, 0.3) is 5.91 Å². The maximum absolute atomic E-state index is 12.4. The number of aryl methyl sites for hydroxylation is 1. The summed E-state index contributed by atoms with van der Waals surface area (Å²) in [6, 6.07) is 8.26. The standard InChI is InChI=1S/C26H35N9O2/c1-3-17-16-19(4-5-21(17)35-12-10-34(2)11-13-35)30-26-23(24(27)36)31-22(20-6-9-28-33-20)25(32-26)29-18-7-14-37-15-8-18/h4-6,9,16,18H,3,7-8,10-15H2,1-2H3,(H2,27,36)(H,28,33)(H2,29,30,32). The number of nitrogens with zero attached hydrogens (tertiary/aromatic N) is 5. The van der Waals surface area contributed by atoms with Crippen LogP contribution in [-0.4, -0.2) is 83.5 Å². The molecule has 2 aliphatic rings. The number of rotatable bonds is 8. The van der Waals surface area contributed by atoms with E-state index in [2.05, 4.69) is 61.7 Å². The summed E-state index contributed by atoms with van der Waals surface area (Å²) in [6.07, 6.45) is 4.31. The Bertz CT molecular complexity index is 1220. The van der Waals surface area contributed by atoms with E-state index in [0.29, 0.717) is 36.2 Å². The van der Waals surface area contributed by atoms with Crippen molar-refractivity contribution < 1.29 is 9.53 Å². The minimum Gasteiger partial charge on any atom is -0.381 e. The van der Waals surface area contributed by atoms with Crippen molar-refractivity contribution in [3.05, 3.63) is 41.7 Å². The Morgan fingerprint density at radius 2 is 1.92 bits per heavy atom. The van der Waals surface area contributed by atoms with Crippen LogP contribution in [0, 0.1) is 0 Å². The SMILES string of the molecule is CCc1cc(Nc2nc(NC3CCOCC3)c(-c3cc[nH]n3)nc2C(N)=O)ccc1N1CCN(C)CC1. The summed E-state index contributed by atoms with van der Waals surface area (Å²) in [7, 11) is 2.16. The number of primary amides is 1. The number of carbonyl (C=O) groups excluding carboxylic acids is 1. The summed E-state index contributed by atoms with van der Waals surface area (Å²) in [4.78, 5) is 26.7. The molecule has 3 aromatic rings. The Morgan fingerprint density at radius 1 is 1.14 bits per heavy atom. The number of ether oxygens (including phenoxy) is 1. The van der Waals surface area contributed by atoms with Crippen LogP contribution in [-0.2, 0) is 11.2 Å². The molecule has 1 amide bonds. The lowest BCUT2D eigenvalue weighted by molar-refractivity contribution is 0.0904. The molecule has 0 radical (unpaired) electrons. The molecule has 2 fully saturated rings. The maximum Gasteiger partial charge on any atom is 0.271 e. The van der Waals surface area contributed by atoms with Gasteiger partial charge in [0.05, 0.1) is 0 Å². The van der Waals surface area contributed by atoms with E-state index in [0.717, 1.165) is 51.1 Å². The number of carbonyl (C=O) groups is 1. The van der Waals surface area contributed by atoms with E-state index in [4.69, 9.17) is 15.5 Å². The number of likely N-dealkylation sites (N-methyl/N-ethyl adjacent to an activating group) is 1. The second kappa shape index (κ2) is 11.1. The molecule has 5 N–H and O–H groups in total. The lowest BCUT2D eigenvalue weighted by Gasteiger charge is -2.35. The lowest BCUT2D eigenvalue weighted by Crippen LogP contribution is -2.44. The minimum atomic E-state index is -0.658. The van der Waals surface area contributed by atoms with Gasteiger partial charge < -0.3 is 30.9 Å². The molecule has 0 unspecified atom stereocenters. The molecule has 11 heteroatoms. The molecule has 2 aromatic heterocycles. The van der Waals surface area contributed by atoms with Crippen LogP contribution in [0.5, 0.6) is 0 Å². The Balaban J connectivity index is 1.48. The van der Waals surface area contributed by atoms with Gasteiger partial charge in [-0.2, -0.15) is 5.10 Å². The van der Waals surface area contributed by atoms with E-state index in [1.165, 1.54) is 11.3 Å². The first-order valence-electron chi connectivity index (χ1n) is 12.9. The van der Waals surface area contributed by atoms with Gasteiger partial charge in [-0.1, -0.05) is 6.92 Å². The quantitative estimate of drug-likeness (QED) is 0.364. The Hall–Kier alpha value is -3.70. The second-order valence-corrected chi connectivity index (χ2v) is 9.59. The minimum absolute atomic E-state index is 0.0664. The Labute approximate surface area is 216 Å². The summed E-state index contributed by atoms with van der Waals surface area (Å²) < 4.78 is 5.50. The van der Waals surface area contributed by atoms with Crippen molar-refractivity contribution in [2.75, 3.05) is 62.0 Å². The van der Waals surface area contributed by atoms with Crippen LogP contribution in [0.2, 0.25) is 0 Å². The number of piperazine rings is 1. The zero-order chi connectivity index (χ0) is 25.8. The molecule has 0 saturated carbocycles. The number of H-pyrrole nitrogens is 1. The largest absolute Gasteiger partial charge is 0.381 e. The number of nitrogens with two attached hydrogens (primary N) is 1. The summed E-state index contributed by atoms with van der Waals surface area (Å²) in [5, 5.41) is 13.9. The summed E-state index contributed by atoms with van der Waals surface area (Å²) in [5.74, 6) is 0.209. The van der Waals surface area contributed by atoms with Gasteiger partial charge in [-0.15, -0.1) is 0 Å². The highest BCUT2D eigenvalue weighted by atomic mass is 16.5. The number of hydrogen-bond acceptors (Lipinski definition) is 9. The monoisotopic (exact) mass is 505 g/mol. The highest BCUT2D eigenvalue weighted by molar-refractivity contribution is 5.97. The van der Waals surface area contributed by atoms with E-state index in [-0.39, 0.29) is 11.7 Å². The molecule has 0 bridgehead atoms. The number of aromatic nitrogens is 4. The third-order valence-corrected chi connectivity index (χ3v) is 7.00. The number of hydrogen-bond donors (Lipinski definition) is 4. The number of amides is 1. The summed E-state index contributed by atoms with van der Waals surface area (Å²) in [6.45, 7) is 7.63. The first kappa shape index (κ1) is 25.0. The van der Waals surface area contributed by atoms with Crippen LogP contribution in [0.3, 0.4) is 0 Å². The molecule has 196 valence electrons. The first-order valence-corrected chi connectivity index (χ1v) is 12.9. The Kier molecular flexibility index (Phi) is 7.52. The number of nitrogens with one attached hydrogen (secondary N) is 3. The van der Waals surface area contributed by atoms with Crippen LogP contribution in [0.15, 0.2) is 30.5 Å². The Morgan fingerprint density at radius 3 is 2.59 bits per heavy atom. The molecule has 2 saturated heterocycles. The van der Waals surface area contributed by atoms with E-state index in [9.17, 15) is 4.79 Å². The molecule has 2 aliphatic heterocycles. The zero-order valence-electron chi connectivity index (χ0n) is 21.5. The average Bonchev–Trinajstić information content (AvgIpc) is 3.45. The van der Waals surface area contributed by atoms with Gasteiger partial charge in [-0.05, 0) is 56.1 Å². The van der Waals surface area contributed by atoms with Gasteiger partial charge in [-0.3, -0.25) is 9.89 Å². The topological polar surface area (TPSA) is 137 Å². The lowest BCUT2D eigenvalue weighted by atomic mass is 10.1. The van der Waals surface area contributed by atoms with Crippen LogP contribution in [0.1, 0.15) is 35.8 Å². The van der Waals surface area contributed by atoms with Crippen LogP contribution < -0.4 is 21.3 Å². The fourth-order valence-corrected chi connectivity index (χ4v) is 4.84. The molecular weight excluding hydrogens is 470 g/mol. The van der Waals surface area contributed by atoms with E-state index < -0.39 is 5.91 Å². The predicted octanol–water partition coefficient (Wildman–Crippen LogP) is 2.61. The second-order valence-electron chi connectivity index (χ2n) is 9.59. The van der Waals surface area contributed by atoms with Gasteiger partial charge in [0.15, 0.2) is 17.3 Å². The molecule has 1 aromatic carbocycles. The third-order valence-electron chi connectivity index (χ3n) is 7.00. The molecule has 0 spiro atoms. The maximum atomic E-state index is 12.4. The van der Waals surface area contributed by atoms with E-state index >= 15 is 0 Å². The van der Waals surface area contributed by atoms with Crippen molar-refractivity contribution in [2.24, 2.45) is 5.73 Å². The summed E-state index contributed by atoms with van der Waals surface area (Å²) in [5.41, 5.74) is 10.2. The molecule has 5 rings (SSSR count). The fourth-order valence-electron chi connectivity index (χ4n) is 4.84. The van der Waals surface area contributed by atoms with Gasteiger partial charge in [0.1, 0.15) is 11.4 Å². The van der Waals surface area contributed by atoms with Gasteiger partial charge in [0, 0.05) is 63.0 Å². The molecule has 4 heterocycles. The smallest absolute Gasteiger partial charge is 0.271 e. The third kappa shape index (κ3) is 5.67. The van der Waals surface area contributed by atoms with Crippen LogP contribution in [0.25, 0.3) is 11.4 Å². The highest BCUT2D eigenvalue weighted by Crippen LogP contribution is 2.31. The number of anilines is 4. The van der Waals surface area contributed by atoms with Gasteiger partial charge in [0.2, 0.25) is 0 Å². The van der Waals surface area contributed by atoms with Gasteiger partial charge >= 0.3 is 0 Å². The normalized spacial score (nSPS) is 17.1. The molecule has 0 aliphatic carbocycles. The van der Waals surface area contributed by atoms with Crippen molar-refractivity contribution in [1.82, 2.24) is 25.1 Å². The molecule has 11 nitrogen and oxygen atoms in total. The molecular formula is C26H35N9O2. The van der Waals surface area contributed by atoms with Gasteiger partial charge in [-0.25, -0.2) is 9.97 Å². The number of benzene rings is 1. The fraction of sp³-hybridized carbons (Fsp3) is 0.462. The molecule has 0 atom stereocenters. The van der Waals surface area contributed by atoms with Crippen molar-refractivity contribution in [2.45, 2.75) is 32.2 Å². The summed E-state index contributed by atoms with van der Waals surface area (Å²) >= 11 is 0. The highest BCUT2D eigenvalue weighted by Gasteiger charge is 2.23. The van der Waals surface area contributed by atoms with Crippen LogP contribution >= 0.6 is 0 Å². The van der Waals surface area contributed by atoms with E-state index in [1.807, 2.05) is 6.07 Å². The first-order chi connectivity index (χ1) is 18.0. The zero-order valence-corrected chi connectivity index (χ0v) is 21.5. The molecule has 37 heavy (non-hydrogen) atoms. The predicted molar refractivity (Wildman–Crippen MR) is 144 cm³/mol. The van der Waals surface area contributed by atoms with Crippen molar-refractivity contribution in [1.29, 1.82) is 0 Å². The average molecular weight is 506 g/mol.